The molecule has 196 valence electrons. The number of hydrogen-bond donors (Lipinski definition) is 1. The van der Waals surface area contributed by atoms with Crippen LogP contribution in [0.15, 0.2) is 103 Å². The van der Waals surface area contributed by atoms with Crippen LogP contribution < -0.4 is 10.2 Å². The van der Waals surface area contributed by atoms with Crippen molar-refractivity contribution >= 4 is 23.2 Å². The molecule has 2 amide bonds. The Morgan fingerprint density at radius 2 is 1.31 bits per heavy atom. The standard InChI is InChI=1S/C34H33N3O2/c1-2-27(24-10-4-3-5-11-24)33(38)35-25-16-18-26(19-17-25)36-20-22-37(23-21-36)34(39)32-30-14-8-6-12-28(30)29-13-7-9-15-31(29)32/h3-19,27,32H,2,20-23H2,1H3,(H,35,38). The number of benzene rings is 4. The highest BCUT2D eigenvalue weighted by atomic mass is 16.2. The van der Waals surface area contributed by atoms with Crippen LogP contribution in [0.1, 0.15) is 41.9 Å². The number of amides is 2. The van der Waals surface area contributed by atoms with Gasteiger partial charge >= 0.3 is 0 Å². The lowest BCUT2D eigenvalue weighted by Crippen LogP contribution is -2.50. The number of carbonyl (C=O) groups excluding carboxylic acids is 2. The summed E-state index contributed by atoms with van der Waals surface area (Å²) >= 11 is 0. The Morgan fingerprint density at radius 3 is 1.90 bits per heavy atom. The molecule has 0 radical (unpaired) electrons. The zero-order valence-corrected chi connectivity index (χ0v) is 22.2. The van der Waals surface area contributed by atoms with Gasteiger partial charge in [0.25, 0.3) is 0 Å². The molecule has 6 rings (SSSR count). The van der Waals surface area contributed by atoms with E-state index < -0.39 is 0 Å². The van der Waals surface area contributed by atoms with E-state index in [1.54, 1.807) is 0 Å². The first-order chi connectivity index (χ1) is 19.1. The Labute approximate surface area is 230 Å². The third kappa shape index (κ3) is 4.81. The van der Waals surface area contributed by atoms with Crippen molar-refractivity contribution < 1.29 is 9.59 Å². The molecule has 0 saturated carbocycles. The van der Waals surface area contributed by atoms with Crippen molar-refractivity contribution in [1.29, 1.82) is 0 Å². The number of anilines is 2. The zero-order chi connectivity index (χ0) is 26.8. The molecule has 1 heterocycles. The van der Waals surface area contributed by atoms with Crippen LogP contribution in [0.5, 0.6) is 0 Å². The van der Waals surface area contributed by atoms with Gasteiger partial charge in [0.2, 0.25) is 11.8 Å². The number of piperazine rings is 1. The van der Waals surface area contributed by atoms with Crippen LogP contribution in [0.3, 0.4) is 0 Å². The maximum Gasteiger partial charge on any atom is 0.234 e. The Hall–Kier alpha value is -4.38. The number of nitrogens with zero attached hydrogens (tertiary/aromatic N) is 2. The summed E-state index contributed by atoms with van der Waals surface area (Å²) in [4.78, 5) is 31.0. The Bertz CT molecular complexity index is 1430. The molecule has 4 aromatic rings. The van der Waals surface area contributed by atoms with E-state index in [4.69, 9.17) is 0 Å². The average Bonchev–Trinajstić information content (AvgIpc) is 3.33. The van der Waals surface area contributed by atoms with Gasteiger partial charge in [0.15, 0.2) is 0 Å². The number of rotatable bonds is 6. The highest BCUT2D eigenvalue weighted by Gasteiger charge is 2.36. The molecule has 1 aliphatic carbocycles. The van der Waals surface area contributed by atoms with Crippen molar-refractivity contribution in [2.24, 2.45) is 0 Å². The first-order valence-corrected chi connectivity index (χ1v) is 13.8. The van der Waals surface area contributed by atoms with Crippen molar-refractivity contribution in [3.63, 3.8) is 0 Å². The third-order valence-electron chi connectivity index (χ3n) is 8.10. The number of fused-ring (bicyclic) bond motifs is 3. The Morgan fingerprint density at radius 1 is 0.744 bits per heavy atom. The fourth-order valence-corrected chi connectivity index (χ4v) is 6.03. The number of hydrogen-bond acceptors (Lipinski definition) is 3. The van der Waals surface area contributed by atoms with Gasteiger partial charge in [-0.15, -0.1) is 0 Å². The van der Waals surface area contributed by atoms with Crippen LogP contribution in [0.4, 0.5) is 11.4 Å². The highest BCUT2D eigenvalue weighted by molar-refractivity contribution is 5.97. The fraction of sp³-hybridized carbons (Fsp3) is 0.235. The molecule has 1 aliphatic heterocycles. The molecule has 1 atom stereocenters. The van der Waals surface area contributed by atoms with Crippen LogP contribution >= 0.6 is 0 Å². The van der Waals surface area contributed by atoms with E-state index in [-0.39, 0.29) is 23.7 Å². The second-order valence-corrected chi connectivity index (χ2v) is 10.3. The molecule has 0 spiro atoms. The van der Waals surface area contributed by atoms with Gasteiger partial charge in [-0.3, -0.25) is 9.59 Å². The van der Waals surface area contributed by atoms with E-state index in [1.807, 2.05) is 78.6 Å². The van der Waals surface area contributed by atoms with E-state index >= 15 is 0 Å². The van der Waals surface area contributed by atoms with Crippen molar-refractivity contribution in [2.45, 2.75) is 25.2 Å². The highest BCUT2D eigenvalue weighted by Crippen LogP contribution is 2.45. The molecule has 4 aromatic carbocycles. The number of nitrogens with one attached hydrogen (secondary N) is 1. The summed E-state index contributed by atoms with van der Waals surface area (Å²) in [5, 5.41) is 3.08. The van der Waals surface area contributed by atoms with E-state index in [1.165, 1.54) is 11.1 Å². The molecule has 2 aliphatic rings. The van der Waals surface area contributed by atoms with Crippen molar-refractivity contribution in [1.82, 2.24) is 4.90 Å². The van der Waals surface area contributed by atoms with Gasteiger partial charge in [0.05, 0.1) is 11.8 Å². The molecule has 1 N–H and O–H groups in total. The fourth-order valence-electron chi connectivity index (χ4n) is 6.03. The van der Waals surface area contributed by atoms with Gasteiger partial charge in [0.1, 0.15) is 0 Å². The summed E-state index contributed by atoms with van der Waals surface area (Å²) in [6, 6.07) is 34.5. The van der Waals surface area contributed by atoms with E-state index in [2.05, 4.69) is 46.6 Å². The third-order valence-corrected chi connectivity index (χ3v) is 8.10. The lowest BCUT2D eigenvalue weighted by molar-refractivity contribution is -0.132. The largest absolute Gasteiger partial charge is 0.368 e. The molecule has 39 heavy (non-hydrogen) atoms. The minimum Gasteiger partial charge on any atom is -0.368 e. The van der Waals surface area contributed by atoms with Crippen LogP contribution in [0, 0.1) is 0 Å². The Kier molecular flexibility index (Phi) is 6.89. The topological polar surface area (TPSA) is 52.7 Å². The van der Waals surface area contributed by atoms with E-state index in [0.717, 1.165) is 47.6 Å². The minimum atomic E-state index is -0.227. The lowest BCUT2D eigenvalue weighted by Gasteiger charge is -2.37. The molecule has 1 unspecified atom stereocenters. The quantitative estimate of drug-likeness (QED) is 0.329. The van der Waals surface area contributed by atoms with Crippen LogP contribution in [0.25, 0.3) is 11.1 Å². The monoisotopic (exact) mass is 515 g/mol. The molecule has 1 saturated heterocycles. The average molecular weight is 516 g/mol. The van der Waals surface area contributed by atoms with Crippen molar-refractivity contribution in [2.75, 3.05) is 36.4 Å². The molecule has 0 aromatic heterocycles. The van der Waals surface area contributed by atoms with E-state index in [9.17, 15) is 9.59 Å². The van der Waals surface area contributed by atoms with Crippen molar-refractivity contribution in [3.8, 4) is 11.1 Å². The lowest BCUT2D eigenvalue weighted by atomic mass is 9.95. The second-order valence-electron chi connectivity index (χ2n) is 10.3. The molecule has 5 nitrogen and oxygen atoms in total. The molecular formula is C34H33N3O2. The van der Waals surface area contributed by atoms with Gasteiger partial charge in [-0.2, -0.15) is 0 Å². The maximum atomic E-state index is 13.8. The van der Waals surface area contributed by atoms with Gasteiger partial charge in [-0.05, 0) is 58.5 Å². The summed E-state index contributed by atoms with van der Waals surface area (Å²) in [6.45, 7) is 4.97. The second kappa shape index (κ2) is 10.8. The molecular weight excluding hydrogens is 482 g/mol. The molecule has 5 heteroatoms. The SMILES string of the molecule is CCC(C(=O)Nc1ccc(N2CCN(C(=O)C3c4ccccc4-c4ccccc43)CC2)cc1)c1ccccc1. The maximum absolute atomic E-state index is 13.8. The zero-order valence-electron chi connectivity index (χ0n) is 22.2. The molecule has 0 bridgehead atoms. The van der Waals surface area contributed by atoms with Gasteiger partial charge in [-0.1, -0.05) is 85.8 Å². The van der Waals surface area contributed by atoms with Crippen molar-refractivity contribution in [3.05, 3.63) is 120 Å². The summed E-state index contributed by atoms with van der Waals surface area (Å²) in [6.07, 6.45) is 0.745. The first kappa shape index (κ1) is 24.9. The van der Waals surface area contributed by atoms with Crippen LogP contribution in [-0.4, -0.2) is 42.9 Å². The molecule has 1 fully saturated rings. The smallest absolute Gasteiger partial charge is 0.234 e. The Balaban J connectivity index is 1.09. The summed E-state index contributed by atoms with van der Waals surface area (Å²) in [7, 11) is 0. The summed E-state index contributed by atoms with van der Waals surface area (Å²) < 4.78 is 0. The van der Waals surface area contributed by atoms with E-state index in [0.29, 0.717) is 13.1 Å². The van der Waals surface area contributed by atoms with Gasteiger partial charge in [-0.25, -0.2) is 0 Å². The minimum absolute atomic E-state index is 0.0126. The van der Waals surface area contributed by atoms with Gasteiger partial charge < -0.3 is 15.1 Å². The normalized spacial score (nSPS) is 15.4. The summed E-state index contributed by atoms with van der Waals surface area (Å²) in [5.74, 6) is -0.197. The van der Waals surface area contributed by atoms with Gasteiger partial charge in [0, 0.05) is 37.6 Å². The predicted octanol–water partition coefficient (Wildman–Crippen LogP) is 6.28. The first-order valence-electron chi connectivity index (χ1n) is 13.8. The number of carbonyl (C=O) groups is 2. The van der Waals surface area contributed by atoms with Crippen LogP contribution in [0.2, 0.25) is 0 Å². The predicted molar refractivity (Wildman–Crippen MR) is 157 cm³/mol. The van der Waals surface area contributed by atoms with Crippen LogP contribution in [-0.2, 0) is 9.59 Å². The summed E-state index contributed by atoms with van der Waals surface area (Å²) in [5.41, 5.74) is 7.50.